The van der Waals surface area contributed by atoms with Crippen LogP contribution < -0.4 is 10.2 Å². The van der Waals surface area contributed by atoms with Crippen molar-refractivity contribution in [3.05, 3.63) is 11.8 Å². The minimum Gasteiger partial charge on any atom is -0.359 e. The number of likely N-dealkylation sites (tertiary alicyclic amines) is 1. The van der Waals surface area contributed by atoms with Gasteiger partial charge in [-0.2, -0.15) is 4.98 Å². The van der Waals surface area contributed by atoms with E-state index in [1.54, 1.807) is 0 Å². The van der Waals surface area contributed by atoms with E-state index in [0.29, 0.717) is 0 Å². The van der Waals surface area contributed by atoms with Gasteiger partial charge in [-0.1, -0.05) is 0 Å². The molecule has 1 aliphatic heterocycles. The van der Waals surface area contributed by atoms with Gasteiger partial charge in [-0.25, -0.2) is 4.98 Å². The summed E-state index contributed by atoms with van der Waals surface area (Å²) in [6.45, 7) is 8.39. The van der Waals surface area contributed by atoms with Gasteiger partial charge in [0.1, 0.15) is 5.82 Å². The van der Waals surface area contributed by atoms with E-state index in [1.807, 2.05) is 6.92 Å². The van der Waals surface area contributed by atoms with E-state index >= 15 is 0 Å². The molecule has 0 aliphatic carbocycles. The van der Waals surface area contributed by atoms with E-state index in [4.69, 9.17) is 0 Å². The van der Waals surface area contributed by atoms with Gasteiger partial charge in [-0.3, -0.25) is 0 Å². The van der Waals surface area contributed by atoms with Crippen LogP contribution in [0.15, 0.2) is 6.07 Å². The highest BCUT2D eigenvalue weighted by atomic mass is 15.2. The molecule has 1 aromatic heterocycles. The Morgan fingerprint density at radius 3 is 2.89 bits per heavy atom. The van der Waals surface area contributed by atoms with E-state index < -0.39 is 0 Å². The maximum absolute atomic E-state index is 4.57. The highest BCUT2D eigenvalue weighted by Crippen LogP contribution is 2.19. The normalized spacial score (nSPS) is 19.7. The summed E-state index contributed by atoms with van der Waals surface area (Å²) in [7, 11) is 4.31. The molecule has 5 nitrogen and oxygen atoms in total. The van der Waals surface area contributed by atoms with Crippen LogP contribution in [0.4, 0.5) is 11.8 Å². The van der Waals surface area contributed by atoms with Crippen molar-refractivity contribution in [3.63, 3.8) is 0 Å². The zero-order valence-corrected chi connectivity index (χ0v) is 12.5. The summed E-state index contributed by atoms with van der Waals surface area (Å²) in [5, 5.41) is 3.19. The van der Waals surface area contributed by atoms with Gasteiger partial charge in [-0.05, 0) is 39.8 Å². The van der Waals surface area contributed by atoms with Crippen LogP contribution in [-0.4, -0.2) is 55.1 Å². The van der Waals surface area contributed by atoms with Gasteiger partial charge in [-0.15, -0.1) is 0 Å². The largest absolute Gasteiger partial charge is 0.359 e. The van der Waals surface area contributed by atoms with Gasteiger partial charge in [0.2, 0.25) is 5.95 Å². The molecule has 0 amide bonds. The number of nitrogens with zero attached hydrogens (tertiary/aromatic N) is 4. The number of nitrogens with one attached hydrogen (secondary N) is 1. The maximum Gasteiger partial charge on any atom is 0.224 e. The molecule has 1 atom stereocenters. The minimum atomic E-state index is 0.730. The Hall–Kier alpha value is -1.36. The summed E-state index contributed by atoms with van der Waals surface area (Å²) in [6, 6.07) is 2.06. The van der Waals surface area contributed by atoms with Gasteiger partial charge in [0.05, 0.1) is 0 Å². The average molecular weight is 263 g/mol. The fourth-order valence-corrected chi connectivity index (χ4v) is 2.64. The summed E-state index contributed by atoms with van der Waals surface area (Å²) in [5.74, 6) is 2.48. The summed E-state index contributed by atoms with van der Waals surface area (Å²) < 4.78 is 0. The van der Waals surface area contributed by atoms with Crippen molar-refractivity contribution >= 4 is 11.8 Å². The number of aromatic nitrogens is 2. The minimum absolute atomic E-state index is 0.730. The Bertz CT molecular complexity index is 420. The van der Waals surface area contributed by atoms with Gasteiger partial charge < -0.3 is 15.1 Å². The summed E-state index contributed by atoms with van der Waals surface area (Å²) in [4.78, 5) is 13.6. The Morgan fingerprint density at radius 2 is 2.26 bits per heavy atom. The standard InChI is InChI=1S/C14H25N5/c1-5-15-14-16-11(2)8-13(17-14)19(4)10-12-6-7-18(3)9-12/h8,12H,5-7,9-10H2,1-4H3,(H,15,16,17). The van der Waals surface area contributed by atoms with Gasteiger partial charge in [0, 0.05) is 38.4 Å². The molecule has 5 heteroatoms. The fraction of sp³-hybridized carbons (Fsp3) is 0.714. The molecule has 0 bridgehead atoms. The van der Waals surface area contributed by atoms with Crippen LogP contribution in [0.5, 0.6) is 0 Å². The Morgan fingerprint density at radius 1 is 1.47 bits per heavy atom. The van der Waals surface area contributed by atoms with Crippen molar-refractivity contribution in [2.45, 2.75) is 20.3 Å². The van der Waals surface area contributed by atoms with Crippen LogP contribution in [0.2, 0.25) is 0 Å². The van der Waals surface area contributed by atoms with Crippen LogP contribution in [0, 0.1) is 12.8 Å². The number of aryl methyl sites for hydroxylation is 1. The number of rotatable bonds is 5. The topological polar surface area (TPSA) is 44.3 Å². The van der Waals surface area contributed by atoms with Crippen molar-refractivity contribution in [2.75, 3.05) is 50.5 Å². The Kier molecular flexibility index (Phi) is 4.58. The zero-order valence-electron chi connectivity index (χ0n) is 12.5. The van der Waals surface area contributed by atoms with E-state index in [1.165, 1.54) is 19.5 Å². The first kappa shape index (κ1) is 14.1. The van der Waals surface area contributed by atoms with Crippen LogP contribution in [0.25, 0.3) is 0 Å². The van der Waals surface area contributed by atoms with Crippen molar-refractivity contribution < 1.29 is 0 Å². The summed E-state index contributed by atoms with van der Waals surface area (Å²) >= 11 is 0. The molecule has 1 fully saturated rings. The molecule has 2 rings (SSSR count). The predicted octanol–water partition coefficient (Wildman–Crippen LogP) is 1.60. The Labute approximate surface area is 116 Å². The third-order valence-corrected chi connectivity index (χ3v) is 3.59. The van der Waals surface area contributed by atoms with Crippen molar-refractivity contribution in [1.29, 1.82) is 0 Å². The van der Waals surface area contributed by atoms with Crippen molar-refractivity contribution in [3.8, 4) is 0 Å². The molecule has 1 saturated heterocycles. The van der Waals surface area contributed by atoms with Crippen molar-refractivity contribution in [2.24, 2.45) is 5.92 Å². The number of hydrogen-bond donors (Lipinski definition) is 1. The second kappa shape index (κ2) is 6.19. The molecule has 1 N–H and O–H groups in total. The summed E-state index contributed by atoms with van der Waals surface area (Å²) in [6.07, 6.45) is 1.28. The molecule has 0 radical (unpaired) electrons. The molecule has 0 saturated carbocycles. The SMILES string of the molecule is CCNc1nc(C)cc(N(C)CC2CCN(C)C2)n1. The van der Waals surface area contributed by atoms with Crippen LogP contribution in [-0.2, 0) is 0 Å². The van der Waals surface area contributed by atoms with Gasteiger partial charge >= 0.3 is 0 Å². The molecule has 0 spiro atoms. The van der Waals surface area contributed by atoms with E-state index in [9.17, 15) is 0 Å². The molecule has 19 heavy (non-hydrogen) atoms. The van der Waals surface area contributed by atoms with E-state index in [-0.39, 0.29) is 0 Å². The average Bonchev–Trinajstić information content (AvgIpc) is 2.74. The first-order valence-electron chi connectivity index (χ1n) is 7.07. The third-order valence-electron chi connectivity index (χ3n) is 3.59. The number of anilines is 2. The lowest BCUT2D eigenvalue weighted by Crippen LogP contribution is -2.28. The predicted molar refractivity (Wildman–Crippen MR) is 79.8 cm³/mol. The Balaban J connectivity index is 2.03. The molecule has 0 aromatic carbocycles. The first-order chi connectivity index (χ1) is 9.08. The lowest BCUT2D eigenvalue weighted by molar-refractivity contribution is 0.395. The molecule has 1 aliphatic rings. The quantitative estimate of drug-likeness (QED) is 0.874. The molecular formula is C14H25N5. The highest BCUT2D eigenvalue weighted by molar-refractivity contribution is 5.44. The second-order valence-electron chi connectivity index (χ2n) is 5.52. The fourth-order valence-electron chi connectivity index (χ4n) is 2.64. The lowest BCUT2D eigenvalue weighted by Gasteiger charge is -2.22. The number of hydrogen-bond acceptors (Lipinski definition) is 5. The van der Waals surface area contributed by atoms with E-state index in [0.717, 1.165) is 36.5 Å². The monoisotopic (exact) mass is 263 g/mol. The second-order valence-corrected chi connectivity index (χ2v) is 5.52. The summed E-state index contributed by atoms with van der Waals surface area (Å²) in [5.41, 5.74) is 1.01. The first-order valence-corrected chi connectivity index (χ1v) is 7.07. The zero-order chi connectivity index (χ0) is 13.8. The highest BCUT2D eigenvalue weighted by Gasteiger charge is 2.21. The smallest absolute Gasteiger partial charge is 0.224 e. The van der Waals surface area contributed by atoms with Gasteiger partial charge in [0.15, 0.2) is 0 Å². The third kappa shape index (κ3) is 3.80. The van der Waals surface area contributed by atoms with Gasteiger partial charge in [0.25, 0.3) is 0 Å². The van der Waals surface area contributed by atoms with Crippen molar-refractivity contribution in [1.82, 2.24) is 14.9 Å². The molecule has 1 unspecified atom stereocenters. The lowest BCUT2D eigenvalue weighted by atomic mass is 10.1. The molecule has 1 aromatic rings. The molecule has 106 valence electrons. The maximum atomic E-state index is 4.57. The van der Waals surface area contributed by atoms with Crippen LogP contribution >= 0.6 is 0 Å². The van der Waals surface area contributed by atoms with Crippen LogP contribution in [0.1, 0.15) is 19.0 Å². The van der Waals surface area contributed by atoms with E-state index in [2.05, 4.69) is 52.2 Å². The molecular weight excluding hydrogens is 238 g/mol. The van der Waals surface area contributed by atoms with Crippen LogP contribution in [0.3, 0.4) is 0 Å². The molecule has 2 heterocycles.